The molecule has 0 nitrogen and oxygen atoms in total. The van der Waals surface area contributed by atoms with E-state index in [4.69, 9.17) is 0 Å². The van der Waals surface area contributed by atoms with Gasteiger partial charge in [0.15, 0.2) is 0 Å². The van der Waals surface area contributed by atoms with Crippen LogP contribution in [0.25, 0.3) is 22.3 Å². The third kappa shape index (κ3) is 4.30. The fourth-order valence-corrected chi connectivity index (χ4v) is 4.73. The lowest BCUT2D eigenvalue weighted by atomic mass is 9.80. The largest absolute Gasteiger partial charge is 0.280 e. The zero-order valence-electron chi connectivity index (χ0n) is 18.9. The Morgan fingerprint density at radius 2 is 1.42 bits per heavy atom. The van der Waals surface area contributed by atoms with Crippen LogP contribution in [0.5, 0.6) is 0 Å². The van der Waals surface area contributed by atoms with Gasteiger partial charge < -0.3 is 0 Å². The van der Waals surface area contributed by atoms with Crippen molar-refractivity contribution in [3.05, 3.63) is 82.2 Å². The molecule has 0 bridgehead atoms. The van der Waals surface area contributed by atoms with Gasteiger partial charge in [-0.3, -0.25) is 0 Å². The average Bonchev–Trinajstić information content (AvgIpc) is 2.77. The summed E-state index contributed by atoms with van der Waals surface area (Å²) < 4.78 is 75.4. The zero-order valence-corrected chi connectivity index (χ0v) is 18.9. The Morgan fingerprint density at radius 1 is 0.727 bits per heavy atom. The molecular weight excluding hydrogens is 431 g/mol. The van der Waals surface area contributed by atoms with E-state index in [0.717, 1.165) is 19.3 Å². The molecule has 0 N–H and O–H groups in total. The normalized spacial score (nSPS) is 14.2. The predicted molar refractivity (Wildman–Crippen MR) is 122 cm³/mol. The maximum atomic E-state index is 15.5. The van der Waals surface area contributed by atoms with Gasteiger partial charge >= 0.3 is 0 Å². The average molecular weight is 459 g/mol. The Labute approximate surface area is 191 Å². The number of halogens is 5. The van der Waals surface area contributed by atoms with E-state index in [9.17, 15) is 8.78 Å². The van der Waals surface area contributed by atoms with Crippen LogP contribution in [0.4, 0.5) is 22.0 Å². The molecule has 33 heavy (non-hydrogen) atoms. The summed E-state index contributed by atoms with van der Waals surface area (Å²) in [6.07, 6.45) is 3.66. The molecule has 5 heteroatoms. The van der Waals surface area contributed by atoms with Gasteiger partial charge in [-0.15, -0.1) is 0 Å². The fraction of sp³-hybridized carbons (Fsp3) is 0.357. The zero-order chi connectivity index (χ0) is 23.8. The molecule has 0 spiro atoms. The van der Waals surface area contributed by atoms with Crippen LogP contribution in [0, 0.1) is 17.5 Å². The van der Waals surface area contributed by atoms with Crippen LogP contribution < -0.4 is 0 Å². The van der Waals surface area contributed by atoms with Crippen molar-refractivity contribution in [2.45, 2.75) is 64.7 Å². The predicted octanol–water partition coefficient (Wildman–Crippen LogP) is 8.77. The van der Waals surface area contributed by atoms with Gasteiger partial charge in [0, 0.05) is 17.5 Å². The summed E-state index contributed by atoms with van der Waals surface area (Å²) in [5, 5.41) is 0. The topological polar surface area (TPSA) is 0 Å². The highest BCUT2D eigenvalue weighted by atomic mass is 19.3. The summed E-state index contributed by atoms with van der Waals surface area (Å²) >= 11 is 0. The van der Waals surface area contributed by atoms with Crippen molar-refractivity contribution in [3.63, 3.8) is 0 Å². The minimum atomic E-state index is -3.58. The summed E-state index contributed by atoms with van der Waals surface area (Å²) in [5.41, 5.74) is 0.496. The van der Waals surface area contributed by atoms with Crippen LogP contribution in [-0.2, 0) is 25.2 Å². The molecule has 0 radical (unpaired) electrons. The summed E-state index contributed by atoms with van der Waals surface area (Å²) in [6.45, 7) is 3.95. The standard InChI is InChI=1S/C28H27F5/c1-3-5-6-8-17-9-10-19(15-24(17)29)20-13-14-22-21-12-11-18(7-4-2)26(30)23(21)16-28(32,33)25(22)27(20)31/h9-15H,3-8,16H2,1-2H3. The molecule has 3 aromatic carbocycles. The monoisotopic (exact) mass is 458 g/mol. The van der Waals surface area contributed by atoms with E-state index in [1.807, 2.05) is 6.92 Å². The first-order valence-electron chi connectivity index (χ1n) is 11.6. The summed E-state index contributed by atoms with van der Waals surface area (Å²) in [4.78, 5) is 0. The number of benzene rings is 3. The Balaban J connectivity index is 1.78. The van der Waals surface area contributed by atoms with E-state index in [2.05, 4.69) is 6.92 Å². The lowest BCUT2D eigenvalue weighted by molar-refractivity contribution is -0.00906. The molecule has 0 saturated heterocycles. The first-order valence-corrected chi connectivity index (χ1v) is 11.6. The number of hydrogen-bond donors (Lipinski definition) is 0. The third-order valence-electron chi connectivity index (χ3n) is 6.45. The molecule has 0 amide bonds. The quantitative estimate of drug-likeness (QED) is 0.245. The lowest BCUT2D eigenvalue weighted by Crippen LogP contribution is -2.26. The van der Waals surface area contributed by atoms with Gasteiger partial charge in [0.1, 0.15) is 17.5 Å². The lowest BCUT2D eigenvalue weighted by Gasteiger charge is -2.29. The van der Waals surface area contributed by atoms with Gasteiger partial charge in [-0.1, -0.05) is 69.5 Å². The Kier molecular flexibility index (Phi) is 6.60. The highest BCUT2D eigenvalue weighted by Gasteiger charge is 2.44. The van der Waals surface area contributed by atoms with E-state index >= 15 is 13.2 Å². The number of alkyl halides is 2. The SMILES string of the molecule is CCCCCc1ccc(-c2ccc3c(c2F)C(F)(F)Cc2c-3ccc(CCC)c2F)cc1F. The molecule has 1 aliphatic carbocycles. The number of unbranched alkanes of at least 4 members (excludes halogenated alkanes) is 2. The van der Waals surface area contributed by atoms with Crippen LogP contribution in [0.2, 0.25) is 0 Å². The highest BCUT2D eigenvalue weighted by Crippen LogP contribution is 2.49. The molecule has 3 aromatic rings. The Bertz CT molecular complexity index is 1180. The summed E-state index contributed by atoms with van der Waals surface area (Å²) in [5.74, 6) is -5.76. The molecule has 0 unspecified atom stereocenters. The second kappa shape index (κ2) is 9.28. The number of hydrogen-bond acceptors (Lipinski definition) is 0. The van der Waals surface area contributed by atoms with Crippen molar-refractivity contribution in [2.24, 2.45) is 0 Å². The van der Waals surface area contributed by atoms with Crippen LogP contribution in [0.15, 0.2) is 42.5 Å². The molecule has 0 atom stereocenters. The van der Waals surface area contributed by atoms with Crippen molar-refractivity contribution in [1.82, 2.24) is 0 Å². The first-order chi connectivity index (χ1) is 15.8. The molecule has 0 fully saturated rings. The molecule has 0 aromatic heterocycles. The van der Waals surface area contributed by atoms with Crippen LogP contribution in [-0.4, -0.2) is 0 Å². The van der Waals surface area contributed by atoms with E-state index in [1.54, 1.807) is 24.3 Å². The van der Waals surface area contributed by atoms with E-state index in [1.165, 1.54) is 18.2 Å². The molecule has 0 aliphatic heterocycles. The minimum absolute atomic E-state index is 0.0129. The first kappa shape index (κ1) is 23.5. The van der Waals surface area contributed by atoms with Crippen molar-refractivity contribution in [3.8, 4) is 22.3 Å². The molecule has 174 valence electrons. The number of fused-ring (bicyclic) bond motifs is 3. The van der Waals surface area contributed by atoms with E-state index < -0.39 is 35.4 Å². The van der Waals surface area contributed by atoms with Crippen molar-refractivity contribution in [1.29, 1.82) is 0 Å². The molecule has 0 saturated carbocycles. The van der Waals surface area contributed by atoms with Gasteiger partial charge in [-0.05, 0) is 53.1 Å². The third-order valence-corrected chi connectivity index (χ3v) is 6.45. The molecular formula is C28H27F5. The van der Waals surface area contributed by atoms with Gasteiger partial charge in [0.05, 0.1) is 5.56 Å². The molecule has 4 rings (SSSR count). The van der Waals surface area contributed by atoms with Crippen molar-refractivity contribution >= 4 is 0 Å². The van der Waals surface area contributed by atoms with Gasteiger partial charge in [0.2, 0.25) is 0 Å². The van der Waals surface area contributed by atoms with Gasteiger partial charge in [0.25, 0.3) is 5.92 Å². The van der Waals surface area contributed by atoms with E-state index in [-0.39, 0.29) is 27.8 Å². The summed E-state index contributed by atoms with van der Waals surface area (Å²) in [6, 6.07) is 10.3. The Hall–Kier alpha value is -2.69. The smallest absolute Gasteiger partial charge is 0.207 e. The van der Waals surface area contributed by atoms with Crippen molar-refractivity contribution < 1.29 is 22.0 Å². The maximum Gasteiger partial charge on any atom is 0.280 e. The van der Waals surface area contributed by atoms with Crippen molar-refractivity contribution in [2.75, 3.05) is 0 Å². The van der Waals surface area contributed by atoms with Crippen LogP contribution in [0.1, 0.15) is 61.8 Å². The Morgan fingerprint density at radius 3 is 2.12 bits per heavy atom. The molecule has 0 heterocycles. The van der Waals surface area contributed by atoms with Gasteiger partial charge in [-0.2, -0.15) is 0 Å². The minimum Gasteiger partial charge on any atom is -0.207 e. The second-order valence-electron chi connectivity index (χ2n) is 8.81. The number of aryl methyl sites for hydroxylation is 2. The number of rotatable bonds is 7. The van der Waals surface area contributed by atoms with Crippen LogP contribution in [0.3, 0.4) is 0 Å². The molecule has 1 aliphatic rings. The fourth-order valence-electron chi connectivity index (χ4n) is 4.73. The van der Waals surface area contributed by atoms with Crippen LogP contribution >= 0.6 is 0 Å². The highest BCUT2D eigenvalue weighted by molar-refractivity contribution is 5.79. The summed E-state index contributed by atoms with van der Waals surface area (Å²) in [7, 11) is 0. The second-order valence-corrected chi connectivity index (χ2v) is 8.81. The van der Waals surface area contributed by atoms with Gasteiger partial charge in [-0.25, -0.2) is 22.0 Å². The van der Waals surface area contributed by atoms with E-state index in [0.29, 0.717) is 30.4 Å². The maximum absolute atomic E-state index is 15.5.